The van der Waals surface area contributed by atoms with Gasteiger partial charge in [0.1, 0.15) is 24.3 Å². The molecule has 0 aliphatic carbocycles. The highest BCUT2D eigenvalue weighted by molar-refractivity contribution is 9.10. The van der Waals surface area contributed by atoms with Gasteiger partial charge in [0.25, 0.3) is 0 Å². The van der Waals surface area contributed by atoms with Crippen LogP contribution in [0.3, 0.4) is 0 Å². The lowest BCUT2D eigenvalue weighted by molar-refractivity contribution is 0.117. The normalized spacial score (nSPS) is 11.9. The fraction of sp³-hybridized carbons (Fsp3) is 0.200. The fourth-order valence-corrected chi connectivity index (χ4v) is 2.02. The summed E-state index contributed by atoms with van der Waals surface area (Å²) in [6.07, 6.45) is -0.654. The molecule has 0 heterocycles. The minimum Gasteiger partial charge on any atom is -0.491 e. The molecule has 1 unspecified atom stereocenters. The minimum atomic E-state index is -0.654. The molecule has 0 radical (unpaired) electrons. The van der Waals surface area contributed by atoms with Crippen molar-refractivity contribution in [1.82, 2.24) is 0 Å². The molecular weight excluding hydrogens is 325 g/mol. The highest BCUT2D eigenvalue weighted by atomic mass is 79.9. The maximum absolute atomic E-state index is 12.7. The van der Waals surface area contributed by atoms with Gasteiger partial charge in [-0.1, -0.05) is 22.0 Å². The van der Waals surface area contributed by atoms with E-state index in [9.17, 15) is 9.50 Å². The third kappa shape index (κ3) is 4.83. The van der Waals surface area contributed by atoms with Crippen molar-refractivity contribution in [3.05, 3.63) is 58.8 Å². The molecule has 2 rings (SSSR count). The first kappa shape index (κ1) is 14.8. The van der Waals surface area contributed by atoms with Crippen LogP contribution >= 0.6 is 15.9 Å². The number of hydrogen-bond acceptors (Lipinski definition) is 3. The van der Waals surface area contributed by atoms with Crippen molar-refractivity contribution in [2.45, 2.75) is 6.10 Å². The Morgan fingerprint density at radius 1 is 1.20 bits per heavy atom. The van der Waals surface area contributed by atoms with Crippen molar-refractivity contribution >= 4 is 21.6 Å². The topological polar surface area (TPSA) is 41.5 Å². The largest absolute Gasteiger partial charge is 0.491 e. The van der Waals surface area contributed by atoms with E-state index in [0.29, 0.717) is 12.3 Å². The van der Waals surface area contributed by atoms with Crippen LogP contribution in [0.1, 0.15) is 0 Å². The first-order valence-corrected chi connectivity index (χ1v) is 6.98. The van der Waals surface area contributed by atoms with Crippen LogP contribution in [0.2, 0.25) is 0 Å². The number of aliphatic hydroxyl groups excluding tert-OH is 1. The quantitative estimate of drug-likeness (QED) is 0.847. The van der Waals surface area contributed by atoms with Gasteiger partial charge in [0.05, 0.1) is 0 Å². The molecule has 20 heavy (non-hydrogen) atoms. The van der Waals surface area contributed by atoms with E-state index in [1.54, 1.807) is 0 Å². The molecular formula is C15H15BrFNO2. The molecule has 0 aliphatic heterocycles. The number of aliphatic hydroxyl groups is 1. The Hall–Kier alpha value is -1.59. The molecule has 0 saturated heterocycles. The molecule has 2 N–H and O–H groups in total. The maximum atomic E-state index is 12.7. The molecule has 2 aromatic rings. The van der Waals surface area contributed by atoms with Crippen LogP contribution in [0.15, 0.2) is 53.0 Å². The van der Waals surface area contributed by atoms with E-state index >= 15 is 0 Å². The number of rotatable bonds is 6. The summed E-state index contributed by atoms with van der Waals surface area (Å²) in [5.41, 5.74) is 0.917. The zero-order valence-electron chi connectivity index (χ0n) is 10.7. The van der Waals surface area contributed by atoms with Gasteiger partial charge in [0, 0.05) is 16.7 Å². The number of nitrogens with one attached hydrogen (secondary N) is 1. The molecule has 0 amide bonds. The Morgan fingerprint density at radius 2 is 1.95 bits per heavy atom. The highest BCUT2D eigenvalue weighted by Gasteiger charge is 2.05. The number of ether oxygens (including phenoxy) is 1. The summed E-state index contributed by atoms with van der Waals surface area (Å²) in [5.74, 6) is 0.224. The zero-order chi connectivity index (χ0) is 14.4. The first-order valence-electron chi connectivity index (χ1n) is 6.19. The summed E-state index contributed by atoms with van der Waals surface area (Å²) < 4.78 is 19.0. The van der Waals surface area contributed by atoms with Gasteiger partial charge in [-0.05, 0) is 42.5 Å². The molecule has 0 aliphatic rings. The second-order valence-electron chi connectivity index (χ2n) is 4.31. The second-order valence-corrected chi connectivity index (χ2v) is 5.23. The third-order valence-corrected chi connectivity index (χ3v) is 3.12. The van der Waals surface area contributed by atoms with Crippen LogP contribution < -0.4 is 10.1 Å². The molecule has 106 valence electrons. The lowest BCUT2D eigenvalue weighted by Crippen LogP contribution is -2.26. The van der Waals surface area contributed by atoms with E-state index in [0.717, 1.165) is 10.2 Å². The Morgan fingerprint density at radius 3 is 2.65 bits per heavy atom. The van der Waals surface area contributed by atoms with Gasteiger partial charge in [-0.15, -0.1) is 0 Å². The Kier molecular flexibility index (Phi) is 5.38. The molecule has 0 fully saturated rings. The zero-order valence-corrected chi connectivity index (χ0v) is 12.3. The number of benzene rings is 2. The van der Waals surface area contributed by atoms with E-state index in [1.165, 1.54) is 24.3 Å². The van der Waals surface area contributed by atoms with Gasteiger partial charge in [0.2, 0.25) is 0 Å². The van der Waals surface area contributed by atoms with Crippen LogP contribution in [-0.2, 0) is 0 Å². The smallest absolute Gasteiger partial charge is 0.123 e. The summed E-state index contributed by atoms with van der Waals surface area (Å²) in [6, 6.07) is 13.4. The Bertz CT molecular complexity index is 548. The average Bonchev–Trinajstić information content (AvgIpc) is 2.45. The average molecular weight is 340 g/mol. The van der Waals surface area contributed by atoms with Crippen molar-refractivity contribution in [2.75, 3.05) is 18.5 Å². The number of hydrogen-bond donors (Lipinski definition) is 2. The van der Waals surface area contributed by atoms with Crippen molar-refractivity contribution in [3.8, 4) is 5.75 Å². The predicted octanol–water partition coefficient (Wildman–Crippen LogP) is 3.44. The number of anilines is 1. The first-order chi connectivity index (χ1) is 9.63. The maximum Gasteiger partial charge on any atom is 0.123 e. The summed E-state index contributed by atoms with van der Waals surface area (Å²) in [5, 5.41) is 12.9. The van der Waals surface area contributed by atoms with Gasteiger partial charge in [-0.2, -0.15) is 0 Å². The SMILES string of the molecule is OC(CNc1cccc(Br)c1)COc1ccc(F)cc1. The second kappa shape index (κ2) is 7.26. The summed E-state index contributed by atoms with van der Waals surface area (Å²) in [4.78, 5) is 0. The Balaban J connectivity index is 1.75. The van der Waals surface area contributed by atoms with E-state index in [1.807, 2.05) is 24.3 Å². The standard InChI is InChI=1S/C15H15BrFNO2/c16-11-2-1-3-13(8-11)18-9-14(19)10-20-15-6-4-12(17)5-7-15/h1-8,14,18-19H,9-10H2. The molecule has 0 aromatic heterocycles. The number of halogens is 2. The lowest BCUT2D eigenvalue weighted by atomic mass is 10.3. The lowest BCUT2D eigenvalue weighted by Gasteiger charge is -2.14. The van der Waals surface area contributed by atoms with Crippen LogP contribution in [-0.4, -0.2) is 24.4 Å². The molecule has 1 atom stereocenters. The monoisotopic (exact) mass is 339 g/mol. The Labute approximate surface area is 125 Å². The molecule has 0 bridgehead atoms. The molecule has 5 heteroatoms. The highest BCUT2D eigenvalue weighted by Crippen LogP contribution is 2.15. The molecule has 3 nitrogen and oxygen atoms in total. The third-order valence-electron chi connectivity index (χ3n) is 2.62. The van der Waals surface area contributed by atoms with Crippen LogP contribution in [0, 0.1) is 5.82 Å². The molecule has 0 spiro atoms. The van der Waals surface area contributed by atoms with Crippen LogP contribution in [0.25, 0.3) is 0 Å². The van der Waals surface area contributed by atoms with Gasteiger partial charge in [0.15, 0.2) is 0 Å². The van der Waals surface area contributed by atoms with E-state index < -0.39 is 6.10 Å². The summed E-state index contributed by atoms with van der Waals surface area (Å²) in [6.45, 7) is 0.518. The molecule has 2 aromatic carbocycles. The van der Waals surface area contributed by atoms with Crippen molar-refractivity contribution < 1.29 is 14.2 Å². The summed E-state index contributed by atoms with van der Waals surface area (Å²) in [7, 11) is 0. The van der Waals surface area contributed by atoms with Crippen molar-refractivity contribution in [1.29, 1.82) is 0 Å². The van der Waals surface area contributed by atoms with Gasteiger partial charge >= 0.3 is 0 Å². The van der Waals surface area contributed by atoms with Gasteiger partial charge in [-0.25, -0.2) is 4.39 Å². The fourth-order valence-electron chi connectivity index (χ4n) is 1.62. The van der Waals surface area contributed by atoms with Crippen molar-refractivity contribution in [2.24, 2.45) is 0 Å². The van der Waals surface area contributed by atoms with Crippen molar-refractivity contribution in [3.63, 3.8) is 0 Å². The van der Waals surface area contributed by atoms with E-state index in [2.05, 4.69) is 21.2 Å². The summed E-state index contributed by atoms with van der Waals surface area (Å²) >= 11 is 3.38. The minimum absolute atomic E-state index is 0.145. The van der Waals surface area contributed by atoms with Crippen LogP contribution in [0.5, 0.6) is 5.75 Å². The molecule has 0 saturated carbocycles. The van der Waals surface area contributed by atoms with Crippen LogP contribution in [0.4, 0.5) is 10.1 Å². The van der Waals surface area contributed by atoms with E-state index in [4.69, 9.17) is 4.74 Å². The van der Waals surface area contributed by atoms with Gasteiger partial charge < -0.3 is 15.2 Å². The van der Waals surface area contributed by atoms with Gasteiger partial charge in [-0.3, -0.25) is 0 Å². The van der Waals surface area contributed by atoms with E-state index in [-0.39, 0.29) is 12.4 Å². The predicted molar refractivity (Wildman–Crippen MR) is 80.5 cm³/mol.